The van der Waals surface area contributed by atoms with Crippen LogP contribution >= 0.6 is 0 Å². The fourth-order valence-corrected chi connectivity index (χ4v) is 0. The molecule has 0 amide bonds. The fraction of sp³-hybridized carbons (Fsp3) is 0. The summed E-state index contributed by atoms with van der Waals surface area (Å²) in [6.45, 7) is 0. The molecule has 0 aromatic heterocycles. The van der Waals surface area contributed by atoms with E-state index in [1.165, 1.54) is 0 Å². The Kier molecular flexibility index (Phi) is 9.02. The molecule has 5 heavy (non-hydrogen) atoms. The molecule has 0 aliphatic rings. The van der Waals surface area contributed by atoms with E-state index >= 15 is 0 Å². The molecule has 0 atom stereocenters. The van der Waals surface area contributed by atoms with Crippen LogP contribution in [-0.4, -0.2) is 16.4 Å². The normalized spacial score (nSPS) is 4.80. The van der Waals surface area contributed by atoms with Crippen LogP contribution in [0.1, 0.15) is 0 Å². The number of hydrogen-bond acceptors (Lipinski definition) is 1. The Balaban J connectivity index is 0. The first-order valence-electron chi connectivity index (χ1n) is 0.651. The van der Waals surface area contributed by atoms with Gasteiger partial charge in [-0.2, -0.15) is 0 Å². The van der Waals surface area contributed by atoms with Crippen molar-refractivity contribution in [1.82, 2.24) is 0 Å². The number of hydrogen-bond donors (Lipinski definition) is 2. The third kappa shape index (κ3) is 54.2. The van der Waals surface area contributed by atoms with E-state index < -0.39 is 6.16 Å². The first-order valence-corrected chi connectivity index (χ1v) is 0.651. The molecule has 0 saturated carbocycles. The molecular formula is CH2EuO3. The van der Waals surface area contributed by atoms with Crippen molar-refractivity contribution in [3.8, 4) is 0 Å². The van der Waals surface area contributed by atoms with Crippen molar-refractivity contribution in [2.75, 3.05) is 0 Å². The Morgan fingerprint density at radius 3 is 1.40 bits per heavy atom. The molecule has 0 heterocycles. The van der Waals surface area contributed by atoms with Gasteiger partial charge in [0.05, 0.1) is 0 Å². The van der Waals surface area contributed by atoms with Crippen LogP contribution in [0.5, 0.6) is 0 Å². The van der Waals surface area contributed by atoms with Gasteiger partial charge < -0.3 is 10.2 Å². The largest absolute Gasteiger partial charge is 0.503 e. The molecule has 0 rings (SSSR count). The van der Waals surface area contributed by atoms with Gasteiger partial charge in [-0.25, -0.2) is 4.79 Å². The summed E-state index contributed by atoms with van der Waals surface area (Å²) in [6, 6.07) is 0. The van der Waals surface area contributed by atoms with Gasteiger partial charge >= 0.3 is 6.16 Å². The first kappa shape index (κ1) is 9.29. The van der Waals surface area contributed by atoms with E-state index in [1.807, 2.05) is 0 Å². The minimum Gasteiger partial charge on any atom is -0.450 e. The molecule has 0 aromatic carbocycles. The van der Waals surface area contributed by atoms with Gasteiger partial charge in [0.1, 0.15) is 0 Å². The van der Waals surface area contributed by atoms with Gasteiger partial charge in [0.25, 0.3) is 0 Å². The van der Waals surface area contributed by atoms with Crippen LogP contribution in [0, 0.1) is 49.4 Å². The summed E-state index contributed by atoms with van der Waals surface area (Å²) in [6.07, 6.45) is -1.83. The molecule has 0 unspecified atom stereocenters. The van der Waals surface area contributed by atoms with Gasteiger partial charge in [-0.15, -0.1) is 0 Å². The molecule has 31 valence electrons. The average Bonchev–Trinajstić information content (AvgIpc) is 0.811. The second-order valence-electron chi connectivity index (χ2n) is 0.283. The molecule has 0 bridgehead atoms. The summed E-state index contributed by atoms with van der Waals surface area (Å²) in [5.41, 5.74) is 0. The number of carbonyl (C=O) groups is 1. The predicted octanol–water partition coefficient (Wildman–Crippen LogP) is 0.222. The second kappa shape index (κ2) is 4.85. The maximum Gasteiger partial charge on any atom is 0.503 e. The van der Waals surface area contributed by atoms with Crippen molar-refractivity contribution >= 4 is 6.16 Å². The monoisotopic (exact) mass is 215 g/mol. The van der Waals surface area contributed by atoms with Crippen LogP contribution in [0.15, 0.2) is 0 Å². The quantitative estimate of drug-likeness (QED) is 0.606. The van der Waals surface area contributed by atoms with E-state index in [4.69, 9.17) is 15.0 Å². The first-order chi connectivity index (χ1) is 1.73. The van der Waals surface area contributed by atoms with Crippen molar-refractivity contribution in [3.05, 3.63) is 0 Å². The van der Waals surface area contributed by atoms with Gasteiger partial charge in [0, 0.05) is 49.4 Å². The van der Waals surface area contributed by atoms with Crippen LogP contribution in [0.25, 0.3) is 0 Å². The Bertz CT molecular complexity index is 29.9. The van der Waals surface area contributed by atoms with Crippen molar-refractivity contribution in [3.63, 3.8) is 0 Å². The fourth-order valence-electron chi connectivity index (χ4n) is 0. The van der Waals surface area contributed by atoms with E-state index in [-0.39, 0.29) is 49.4 Å². The van der Waals surface area contributed by atoms with Crippen LogP contribution in [0.2, 0.25) is 0 Å². The van der Waals surface area contributed by atoms with E-state index in [0.29, 0.717) is 0 Å². The van der Waals surface area contributed by atoms with Gasteiger partial charge in [-0.1, -0.05) is 0 Å². The van der Waals surface area contributed by atoms with Gasteiger partial charge in [0.15, 0.2) is 0 Å². The molecule has 4 heteroatoms. The molecule has 3 nitrogen and oxygen atoms in total. The SMILES string of the molecule is O=C(O)O.[Eu]. The summed E-state index contributed by atoms with van der Waals surface area (Å²) in [5.74, 6) is 0. The molecular weight excluding hydrogens is 212 g/mol. The predicted molar refractivity (Wildman–Crippen MR) is 10.7 cm³/mol. The Labute approximate surface area is 69.5 Å². The maximum atomic E-state index is 8.56. The third-order valence-corrected chi connectivity index (χ3v) is 0. The van der Waals surface area contributed by atoms with Gasteiger partial charge in [-0.05, 0) is 0 Å². The third-order valence-electron chi connectivity index (χ3n) is 0. The molecule has 0 aliphatic carbocycles. The molecule has 0 aliphatic heterocycles. The van der Waals surface area contributed by atoms with Crippen LogP contribution in [-0.2, 0) is 0 Å². The smallest absolute Gasteiger partial charge is 0.450 e. The molecule has 0 spiro atoms. The zero-order chi connectivity index (χ0) is 3.58. The van der Waals surface area contributed by atoms with Crippen LogP contribution in [0.3, 0.4) is 0 Å². The zero-order valence-corrected chi connectivity index (χ0v) is 4.61. The van der Waals surface area contributed by atoms with E-state index in [1.54, 1.807) is 0 Å². The Morgan fingerprint density at radius 2 is 1.40 bits per heavy atom. The van der Waals surface area contributed by atoms with E-state index in [2.05, 4.69) is 0 Å². The molecule has 2 N–H and O–H groups in total. The number of carboxylic acid groups (broad SMARTS) is 2. The molecule has 1 radical (unpaired) electrons. The summed E-state index contributed by atoms with van der Waals surface area (Å²) in [7, 11) is 0. The Hall–Kier alpha value is 0.854. The van der Waals surface area contributed by atoms with Crippen molar-refractivity contribution in [1.29, 1.82) is 0 Å². The summed E-state index contributed by atoms with van der Waals surface area (Å²) in [5, 5.41) is 13.9. The number of rotatable bonds is 0. The molecule has 0 saturated heterocycles. The van der Waals surface area contributed by atoms with E-state index in [0.717, 1.165) is 0 Å². The summed E-state index contributed by atoms with van der Waals surface area (Å²) < 4.78 is 0. The average molecular weight is 214 g/mol. The minimum absolute atomic E-state index is 0. The zero-order valence-electron chi connectivity index (χ0n) is 2.18. The van der Waals surface area contributed by atoms with Crippen molar-refractivity contribution < 1.29 is 64.4 Å². The van der Waals surface area contributed by atoms with Gasteiger partial charge in [-0.3, -0.25) is 0 Å². The second-order valence-corrected chi connectivity index (χ2v) is 0.283. The van der Waals surface area contributed by atoms with Crippen molar-refractivity contribution in [2.24, 2.45) is 0 Å². The van der Waals surface area contributed by atoms with Gasteiger partial charge in [0.2, 0.25) is 0 Å². The molecule has 0 aromatic rings. The maximum absolute atomic E-state index is 8.56. The summed E-state index contributed by atoms with van der Waals surface area (Å²) >= 11 is 0. The standard InChI is InChI=1S/CH2O3.Eu/c2-1(3)4;/h(H2,2,3,4);. The summed E-state index contributed by atoms with van der Waals surface area (Å²) in [4.78, 5) is 8.56. The topological polar surface area (TPSA) is 57.5 Å². The van der Waals surface area contributed by atoms with Crippen molar-refractivity contribution in [2.45, 2.75) is 0 Å². The van der Waals surface area contributed by atoms with Crippen LogP contribution < -0.4 is 0 Å². The Morgan fingerprint density at radius 1 is 1.40 bits per heavy atom. The molecule has 0 fully saturated rings. The minimum atomic E-state index is -1.83. The van der Waals surface area contributed by atoms with Crippen LogP contribution in [0.4, 0.5) is 4.79 Å². The van der Waals surface area contributed by atoms with E-state index in [9.17, 15) is 0 Å².